The lowest BCUT2D eigenvalue weighted by atomic mass is 9.92. The van der Waals surface area contributed by atoms with E-state index >= 15 is 0 Å². The van der Waals surface area contributed by atoms with Crippen LogP contribution >= 0.6 is 27.5 Å². The second-order valence-corrected chi connectivity index (χ2v) is 6.52. The van der Waals surface area contributed by atoms with Crippen LogP contribution in [-0.4, -0.2) is 0 Å². The summed E-state index contributed by atoms with van der Waals surface area (Å²) < 4.78 is 1.12. The van der Waals surface area contributed by atoms with Crippen LogP contribution in [0.15, 0.2) is 77.3 Å². The Labute approximate surface area is 142 Å². The molecule has 0 saturated carbocycles. The van der Waals surface area contributed by atoms with Crippen LogP contribution in [0.2, 0.25) is 5.02 Å². The van der Waals surface area contributed by atoms with Crippen molar-refractivity contribution in [1.82, 2.24) is 0 Å². The zero-order valence-corrected chi connectivity index (χ0v) is 14.0. The number of hydrogen-bond acceptors (Lipinski definition) is 0. The predicted molar refractivity (Wildman–Crippen MR) is 99.6 cm³/mol. The predicted octanol–water partition coefficient (Wildman–Crippen LogP) is 7.08. The van der Waals surface area contributed by atoms with Crippen LogP contribution in [-0.2, 0) is 0 Å². The Morgan fingerprint density at radius 2 is 1.27 bits per heavy atom. The average molecular weight is 368 g/mol. The van der Waals surface area contributed by atoms with Crippen molar-refractivity contribution in [2.24, 2.45) is 0 Å². The van der Waals surface area contributed by atoms with Crippen molar-refractivity contribution in [3.05, 3.63) is 82.3 Å². The van der Waals surface area contributed by atoms with E-state index in [1.165, 1.54) is 32.7 Å². The molecule has 22 heavy (non-hydrogen) atoms. The summed E-state index contributed by atoms with van der Waals surface area (Å²) in [6.07, 6.45) is 0. The van der Waals surface area contributed by atoms with E-state index in [0.29, 0.717) is 0 Å². The van der Waals surface area contributed by atoms with Gasteiger partial charge in [-0.15, -0.1) is 0 Å². The SMILES string of the molecule is Clc1ccc2c(Br)c3ccccc3c(-c3ccccc3)c2c1. The Balaban J connectivity index is 2.28. The summed E-state index contributed by atoms with van der Waals surface area (Å²) in [6.45, 7) is 0. The van der Waals surface area contributed by atoms with Crippen LogP contribution in [0, 0.1) is 0 Å². The number of benzene rings is 4. The van der Waals surface area contributed by atoms with E-state index in [1.54, 1.807) is 0 Å². The molecule has 0 radical (unpaired) electrons. The minimum Gasteiger partial charge on any atom is -0.0843 e. The van der Waals surface area contributed by atoms with Crippen LogP contribution in [0.25, 0.3) is 32.7 Å². The molecule has 0 nitrogen and oxygen atoms in total. The highest BCUT2D eigenvalue weighted by molar-refractivity contribution is 9.10. The Hall–Kier alpha value is -1.83. The van der Waals surface area contributed by atoms with Crippen LogP contribution in [0.1, 0.15) is 0 Å². The fourth-order valence-electron chi connectivity index (χ4n) is 3.01. The summed E-state index contributed by atoms with van der Waals surface area (Å²) in [6, 6.07) is 25.0. The zero-order chi connectivity index (χ0) is 15.1. The minimum atomic E-state index is 0.756. The Morgan fingerprint density at radius 3 is 2.05 bits per heavy atom. The van der Waals surface area contributed by atoms with Gasteiger partial charge in [0, 0.05) is 9.50 Å². The van der Waals surface area contributed by atoms with Crippen LogP contribution in [0.4, 0.5) is 0 Å². The molecule has 0 saturated heterocycles. The second-order valence-electron chi connectivity index (χ2n) is 5.29. The molecule has 2 heteroatoms. The van der Waals surface area contributed by atoms with Gasteiger partial charge >= 0.3 is 0 Å². The molecule has 0 heterocycles. The molecular weight excluding hydrogens is 356 g/mol. The molecule has 0 aromatic heterocycles. The molecule has 4 aromatic carbocycles. The minimum absolute atomic E-state index is 0.756. The standard InChI is InChI=1S/C20H12BrCl/c21-20-16-9-5-4-8-15(16)19(13-6-2-1-3-7-13)18-12-14(22)10-11-17(18)20/h1-12H. The van der Waals surface area contributed by atoms with Crippen molar-refractivity contribution < 1.29 is 0 Å². The number of fused-ring (bicyclic) bond motifs is 2. The normalized spacial score (nSPS) is 11.2. The third-order valence-corrected chi connectivity index (χ3v) is 5.07. The van der Waals surface area contributed by atoms with E-state index in [1.807, 2.05) is 12.1 Å². The average Bonchev–Trinajstić information content (AvgIpc) is 2.56. The smallest absolute Gasteiger partial charge is 0.0412 e. The van der Waals surface area contributed by atoms with Crippen LogP contribution in [0.5, 0.6) is 0 Å². The van der Waals surface area contributed by atoms with Gasteiger partial charge in [-0.3, -0.25) is 0 Å². The fourth-order valence-corrected chi connectivity index (χ4v) is 3.88. The van der Waals surface area contributed by atoms with Gasteiger partial charge in [-0.25, -0.2) is 0 Å². The van der Waals surface area contributed by atoms with Crippen LogP contribution in [0.3, 0.4) is 0 Å². The molecule has 0 aliphatic carbocycles. The quantitative estimate of drug-likeness (QED) is 0.315. The Kier molecular flexibility index (Phi) is 3.40. The second kappa shape index (κ2) is 5.42. The Bertz CT molecular complexity index is 991. The fraction of sp³-hybridized carbons (Fsp3) is 0. The van der Waals surface area contributed by atoms with Crippen LogP contribution < -0.4 is 0 Å². The molecule has 0 N–H and O–H groups in total. The zero-order valence-electron chi connectivity index (χ0n) is 11.7. The summed E-state index contributed by atoms with van der Waals surface area (Å²) >= 11 is 10.0. The highest BCUT2D eigenvalue weighted by Gasteiger charge is 2.13. The molecule has 0 spiro atoms. The van der Waals surface area contributed by atoms with Gasteiger partial charge in [0.2, 0.25) is 0 Å². The molecule has 106 valence electrons. The highest BCUT2D eigenvalue weighted by Crippen LogP contribution is 2.42. The van der Waals surface area contributed by atoms with Crippen molar-refractivity contribution in [2.75, 3.05) is 0 Å². The maximum absolute atomic E-state index is 6.27. The van der Waals surface area contributed by atoms with E-state index in [9.17, 15) is 0 Å². The van der Waals surface area contributed by atoms with Gasteiger partial charge < -0.3 is 0 Å². The number of rotatable bonds is 1. The first-order valence-corrected chi connectivity index (χ1v) is 8.27. The molecule has 0 bridgehead atoms. The molecule has 0 atom stereocenters. The van der Waals surface area contributed by atoms with E-state index in [4.69, 9.17) is 11.6 Å². The van der Waals surface area contributed by atoms with Gasteiger partial charge in [0.05, 0.1) is 0 Å². The first kappa shape index (κ1) is 13.8. The van der Waals surface area contributed by atoms with E-state index in [-0.39, 0.29) is 0 Å². The van der Waals surface area contributed by atoms with E-state index in [2.05, 4.69) is 76.6 Å². The van der Waals surface area contributed by atoms with Gasteiger partial charge in [-0.1, -0.05) is 72.3 Å². The van der Waals surface area contributed by atoms with Crippen molar-refractivity contribution in [3.63, 3.8) is 0 Å². The summed E-state index contributed by atoms with van der Waals surface area (Å²) in [5.74, 6) is 0. The van der Waals surface area contributed by atoms with Crippen molar-refractivity contribution >= 4 is 49.1 Å². The molecule has 4 aromatic rings. The van der Waals surface area contributed by atoms with E-state index in [0.717, 1.165) is 9.50 Å². The summed E-state index contributed by atoms with van der Waals surface area (Å²) in [7, 11) is 0. The van der Waals surface area contributed by atoms with Gasteiger partial charge in [0.15, 0.2) is 0 Å². The third-order valence-electron chi connectivity index (χ3n) is 3.98. The lowest BCUT2D eigenvalue weighted by Gasteiger charge is -2.14. The van der Waals surface area contributed by atoms with Crippen molar-refractivity contribution in [3.8, 4) is 11.1 Å². The summed E-state index contributed by atoms with van der Waals surface area (Å²) in [5.41, 5.74) is 2.44. The van der Waals surface area contributed by atoms with Gasteiger partial charge in [-0.2, -0.15) is 0 Å². The van der Waals surface area contributed by atoms with Gasteiger partial charge in [-0.05, 0) is 60.7 Å². The number of halogens is 2. The molecule has 0 unspecified atom stereocenters. The summed E-state index contributed by atoms with van der Waals surface area (Å²) in [5, 5.41) is 5.56. The van der Waals surface area contributed by atoms with Crippen molar-refractivity contribution in [1.29, 1.82) is 0 Å². The molecule has 0 fully saturated rings. The first-order valence-electron chi connectivity index (χ1n) is 7.10. The van der Waals surface area contributed by atoms with Gasteiger partial charge in [0.25, 0.3) is 0 Å². The molecule has 0 aliphatic heterocycles. The first-order chi connectivity index (χ1) is 10.8. The van der Waals surface area contributed by atoms with E-state index < -0.39 is 0 Å². The highest BCUT2D eigenvalue weighted by atomic mass is 79.9. The lowest BCUT2D eigenvalue weighted by molar-refractivity contribution is 1.66. The molecule has 0 aliphatic rings. The third kappa shape index (κ3) is 2.13. The maximum Gasteiger partial charge on any atom is 0.0412 e. The van der Waals surface area contributed by atoms with Crippen molar-refractivity contribution in [2.45, 2.75) is 0 Å². The van der Waals surface area contributed by atoms with Gasteiger partial charge in [0.1, 0.15) is 0 Å². The summed E-state index contributed by atoms with van der Waals surface area (Å²) in [4.78, 5) is 0. The molecular formula is C20H12BrCl. The topological polar surface area (TPSA) is 0 Å². The number of hydrogen-bond donors (Lipinski definition) is 0. The monoisotopic (exact) mass is 366 g/mol. The lowest BCUT2D eigenvalue weighted by Crippen LogP contribution is -1.87. The largest absolute Gasteiger partial charge is 0.0843 e. The molecule has 0 amide bonds. The Morgan fingerprint density at radius 1 is 0.636 bits per heavy atom. The maximum atomic E-state index is 6.27. The molecule has 4 rings (SSSR count).